The van der Waals surface area contributed by atoms with Crippen LogP contribution in [0.25, 0.3) is 0 Å². The van der Waals surface area contributed by atoms with E-state index in [4.69, 9.17) is 4.74 Å². The maximum Gasteiger partial charge on any atom is 0.340 e. The number of nitrogens with one attached hydrogen (secondary N) is 1. The number of carbonyl (C=O) groups excluding carboxylic acids is 2. The lowest BCUT2D eigenvalue weighted by molar-refractivity contribution is -0.112. The van der Waals surface area contributed by atoms with Gasteiger partial charge in [0.25, 0.3) is 5.91 Å². The molecule has 1 aliphatic rings. The number of nitrogens with zero attached hydrogens (tertiary/aromatic N) is 3. The summed E-state index contributed by atoms with van der Waals surface area (Å²) in [5.74, 6) is -1.38. The van der Waals surface area contributed by atoms with E-state index in [-0.39, 0.29) is 17.0 Å². The van der Waals surface area contributed by atoms with Crippen molar-refractivity contribution in [1.82, 2.24) is 4.90 Å². The van der Waals surface area contributed by atoms with E-state index in [9.17, 15) is 19.2 Å². The van der Waals surface area contributed by atoms with Crippen molar-refractivity contribution in [2.75, 3.05) is 43.0 Å². The predicted molar refractivity (Wildman–Crippen MR) is 124 cm³/mol. The second-order valence-corrected chi connectivity index (χ2v) is 7.64. The molecular weight excluding hydrogens is 423 g/mol. The van der Waals surface area contributed by atoms with Gasteiger partial charge in [-0.15, -0.1) is 0 Å². The van der Waals surface area contributed by atoms with Crippen LogP contribution in [0.3, 0.4) is 0 Å². The van der Waals surface area contributed by atoms with Crippen LogP contribution >= 0.6 is 0 Å². The smallest absolute Gasteiger partial charge is 0.340 e. The summed E-state index contributed by atoms with van der Waals surface area (Å²) >= 11 is 0. The van der Waals surface area contributed by atoms with Gasteiger partial charge < -0.3 is 19.9 Å². The van der Waals surface area contributed by atoms with Gasteiger partial charge >= 0.3 is 5.97 Å². The fourth-order valence-electron chi connectivity index (χ4n) is 3.43. The number of unbranched alkanes of at least 4 members (excludes halogenated alkanes) is 1. The molecular formula is C25H27FN4O3. The third-order valence-corrected chi connectivity index (χ3v) is 5.31. The average Bonchev–Trinajstić information content (AvgIpc) is 2.84. The number of para-hydroxylation sites is 1. The van der Waals surface area contributed by atoms with Gasteiger partial charge in [-0.1, -0.05) is 25.5 Å². The lowest BCUT2D eigenvalue weighted by atomic mass is 10.1. The van der Waals surface area contributed by atoms with E-state index >= 15 is 0 Å². The Kier molecular flexibility index (Phi) is 8.42. The Labute approximate surface area is 193 Å². The number of hydrogen-bond donors (Lipinski definition) is 1. The molecule has 1 saturated heterocycles. The summed E-state index contributed by atoms with van der Waals surface area (Å²) in [6, 6.07) is 14.8. The molecule has 0 spiro atoms. The van der Waals surface area contributed by atoms with Crippen LogP contribution in [-0.4, -0.2) is 49.6 Å². The van der Waals surface area contributed by atoms with E-state index in [1.807, 2.05) is 17.9 Å². The summed E-state index contributed by atoms with van der Waals surface area (Å²) in [6.07, 6.45) is 3.20. The molecule has 1 fully saturated rings. The van der Waals surface area contributed by atoms with E-state index in [1.165, 1.54) is 12.1 Å². The summed E-state index contributed by atoms with van der Waals surface area (Å²) in [6.45, 7) is 4.88. The molecule has 2 aromatic rings. The molecule has 1 heterocycles. The molecule has 172 valence electrons. The lowest BCUT2D eigenvalue weighted by Gasteiger charge is -2.35. The number of piperazine rings is 1. The van der Waals surface area contributed by atoms with E-state index in [0.717, 1.165) is 18.5 Å². The number of rotatable bonds is 8. The Morgan fingerprint density at radius 2 is 1.82 bits per heavy atom. The minimum Gasteiger partial charge on any atom is -0.462 e. The van der Waals surface area contributed by atoms with Crippen molar-refractivity contribution >= 4 is 23.3 Å². The molecule has 1 amide bonds. The highest BCUT2D eigenvalue weighted by Gasteiger charge is 2.20. The molecule has 33 heavy (non-hydrogen) atoms. The lowest BCUT2D eigenvalue weighted by Crippen LogP contribution is -2.44. The molecule has 2 aromatic carbocycles. The fourth-order valence-corrected chi connectivity index (χ4v) is 3.43. The second kappa shape index (κ2) is 11.7. The highest BCUT2D eigenvalue weighted by Crippen LogP contribution is 2.19. The Morgan fingerprint density at radius 1 is 1.12 bits per heavy atom. The molecule has 0 aromatic heterocycles. The Balaban J connectivity index is 1.62. The maximum absolute atomic E-state index is 13.1. The molecule has 0 bridgehead atoms. The van der Waals surface area contributed by atoms with Crippen molar-refractivity contribution in [3.63, 3.8) is 0 Å². The topological polar surface area (TPSA) is 85.7 Å². The number of nitriles is 1. The number of esters is 1. The third-order valence-electron chi connectivity index (χ3n) is 5.31. The third kappa shape index (κ3) is 6.56. The van der Waals surface area contributed by atoms with Crippen molar-refractivity contribution in [2.24, 2.45) is 0 Å². The van der Waals surface area contributed by atoms with Gasteiger partial charge in [0, 0.05) is 38.1 Å². The van der Waals surface area contributed by atoms with Crippen LogP contribution < -0.4 is 10.2 Å². The highest BCUT2D eigenvalue weighted by molar-refractivity contribution is 6.09. The Bertz CT molecular complexity index is 1040. The van der Waals surface area contributed by atoms with Crippen LogP contribution in [-0.2, 0) is 9.53 Å². The first-order chi connectivity index (χ1) is 16.0. The monoisotopic (exact) mass is 450 g/mol. The van der Waals surface area contributed by atoms with Crippen molar-refractivity contribution in [2.45, 2.75) is 19.8 Å². The molecule has 1 aliphatic heterocycles. The standard InChI is InChI=1S/C25H27FN4O3/c1-2-3-16-33-25(32)22-6-4-5-7-23(22)28-24(31)19(17-27)18-29-12-14-30(15-13-29)21-10-8-20(26)9-11-21/h4-11,18H,2-3,12-16H2,1H3,(H,28,31)/b19-18-. The first kappa shape index (κ1) is 23.8. The molecule has 0 unspecified atom stereocenters. The van der Waals surface area contributed by atoms with E-state index < -0.39 is 11.9 Å². The number of anilines is 2. The summed E-state index contributed by atoms with van der Waals surface area (Å²) < 4.78 is 18.4. The second-order valence-electron chi connectivity index (χ2n) is 7.64. The fraction of sp³-hybridized carbons (Fsp3) is 0.320. The summed E-state index contributed by atoms with van der Waals surface area (Å²) in [5, 5.41) is 12.2. The predicted octanol–water partition coefficient (Wildman–Crippen LogP) is 3.95. The molecule has 8 heteroatoms. The zero-order valence-electron chi connectivity index (χ0n) is 18.6. The molecule has 0 radical (unpaired) electrons. The number of carbonyl (C=O) groups is 2. The molecule has 0 aliphatic carbocycles. The van der Waals surface area contributed by atoms with E-state index in [1.54, 1.807) is 42.6 Å². The van der Waals surface area contributed by atoms with Crippen molar-refractivity contribution in [1.29, 1.82) is 5.26 Å². The number of halogens is 1. The van der Waals surface area contributed by atoms with Crippen molar-refractivity contribution in [3.8, 4) is 6.07 Å². The molecule has 1 N–H and O–H groups in total. The average molecular weight is 451 g/mol. The maximum atomic E-state index is 13.1. The minimum atomic E-state index is -0.590. The normalized spacial score (nSPS) is 13.9. The summed E-state index contributed by atoms with van der Waals surface area (Å²) in [4.78, 5) is 29.1. The SMILES string of the molecule is CCCCOC(=O)c1ccccc1NC(=O)/C(C#N)=C\N1CCN(c2ccc(F)cc2)CC1. The van der Waals surface area contributed by atoms with Gasteiger partial charge in [-0.3, -0.25) is 4.79 Å². The van der Waals surface area contributed by atoms with Gasteiger partial charge in [0.05, 0.1) is 17.9 Å². The van der Waals surface area contributed by atoms with Gasteiger partial charge in [0.2, 0.25) is 0 Å². The minimum absolute atomic E-state index is 0.0561. The van der Waals surface area contributed by atoms with Crippen LogP contribution in [0.1, 0.15) is 30.1 Å². The van der Waals surface area contributed by atoms with Crippen LogP contribution in [0.15, 0.2) is 60.3 Å². The van der Waals surface area contributed by atoms with Crippen LogP contribution in [0, 0.1) is 17.1 Å². The van der Waals surface area contributed by atoms with Crippen LogP contribution in [0.5, 0.6) is 0 Å². The Hall–Kier alpha value is -3.86. The summed E-state index contributed by atoms with van der Waals surface area (Å²) in [7, 11) is 0. The van der Waals surface area contributed by atoms with Crippen LogP contribution in [0.2, 0.25) is 0 Å². The van der Waals surface area contributed by atoms with Crippen molar-refractivity contribution < 1.29 is 18.7 Å². The molecule has 0 atom stereocenters. The van der Waals surface area contributed by atoms with Crippen LogP contribution in [0.4, 0.5) is 15.8 Å². The number of ether oxygens (including phenoxy) is 1. The van der Waals surface area contributed by atoms with Gasteiger partial charge in [-0.2, -0.15) is 5.26 Å². The van der Waals surface area contributed by atoms with Gasteiger partial charge in [-0.05, 0) is 42.8 Å². The summed E-state index contributed by atoms with van der Waals surface area (Å²) in [5.41, 5.74) is 1.42. The molecule has 3 rings (SSSR count). The first-order valence-electron chi connectivity index (χ1n) is 11.0. The van der Waals surface area contributed by atoms with E-state index in [0.29, 0.717) is 38.5 Å². The van der Waals surface area contributed by atoms with Crippen molar-refractivity contribution in [3.05, 3.63) is 71.7 Å². The van der Waals surface area contributed by atoms with Gasteiger partial charge in [0.1, 0.15) is 17.5 Å². The number of hydrogen-bond acceptors (Lipinski definition) is 6. The highest BCUT2D eigenvalue weighted by atomic mass is 19.1. The number of amides is 1. The van der Waals surface area contributed by atoms with E-state index in [2.05, 4.69) is 10.2 Å². The largest absolute Gasteiger partial charge is 0.462 e. The quantitative estimate of drug-likeness (QED) is 0.284. The van der Waals surface area contributed by atoms with Gasteiger partial charge in [0.15, 0.2) is 0 Å². The molecule has 7 nitrogen and oxygen atoms in total. The zero-order chi connectivity index (χ0) is 23.6. The number of benzene rings is 2. The molecule has 0 saturated carbocycles. The van der Waals surface area contributed by atoms with Gasteiger partial charge in [-0.25, -0.2) is 9.18 Å². The zero-order valence-corrected chi connectivity index (χ0v) is 18.6. The Morgan fingerprint density at radius 3 is 2.48 bits per heavy atom. The first-order valence-corrected chi connectivity index (χ1v) is 11.0.